The van der Waals surface area contributed by atoms with Gasteiger partial charge in [0.25, 0.3) is 10.0 Å². The molecule has 0 aliphatic heterocycles. The van der Waals surface area contributed by atoms with E-state index in [9.17, 15) is 13.2 Å². The molecule has 0 unspecified atom stereocenters. The first-order valence-electron chi connectivity index (χ1n) is 10.6. The molecule has 168 valence electrons. The number of amides is 1. The molecule has 0 saturated carbocycles. The SMILES string of the molecule is Cc1cc(C)c([C@H](C)NC(=O)CN(c2ccccc2C)S(=O)(=O)c2ccccc2)cc1C. The fourth-order valence-corrected chi connectivity index (χ4v) is 5.31. The number of aryl methyl sites for hydroxylation is 4. The van der Waals surface area contributed by atoms with Crippen LogP contribution in [0.15, 0.2) is 71.6 Å². The molecule has 1 amide bonds. The van der Waals surface area contributed by atoms with E-state index in [2.05, 4.69) is 24.4 Å². The average molecular weight is 451 g/mol. The van der Waals surface area contributed by atoms with Crippen molar-refractivity contribution in [2.24, 2.45) is 0 Å². The van der Waals surface area contributed by atoms with Crippen molar-refractivity contribution in [1.82, 2.24) is 5.32 Å². The Labute approximate surface area is 191 Å². The lowest BCUT2D eigenvalue weighted by Gasteiger charge is -2.26. The molecule has 0 aliphatic carbocycles. The van der Waals surface area contributed by atoms with E-state index in [4.69, 9.17) is 0 Å². The Hall–Kier alpha value is -3.12. The molecule has 1 atom stereocenters. The lowest BCUT2D eigenvalue weighted by atomic mass is 9.96. The number of para-hydroxylation sites is 1. The zero-order valence-corrected chi connectivity index (χ0v) is 20.0. The van der Waals surface area contributed by atoms with Crippen molar-refractivity contribution in [1.29, 1.82) is 0 Å². The number of hydrogen-bond acceptors (Lipinski definition) is 3. The van der Waals surface area contributed by atoms with Gasteiger partial charge in [-0.15, -0.1) is 0 Å². The summed E-state index contributed by atoms with van der Waals surface area (Å²) >= 11 is 0. The van der Waals surface area contributed by atoms with E-state index < -0.39 is 10.0 Å². The monoisotopic (exact) mass is 450 g/mol. The van der Waals surface area contributed by atoms with E-state index in [0.29, 0.717) is 5.69 Å². The normalized spacial score (nSPS) is 12.3. The molecule has 6 heteroatoms. The molecule has 0 fully saturated rings. The second-order valence-electron chi connectivity index (χ2n) is 8.19. The van der Waals surface area contributed by atoms with Gasteiger partial charge in [0.2, 0.25) is 5.91 Å². The fourth-order valence-electron chi connectivity index (χ4n) is 3.81. The van der Waals surface area contributed by atoms with Crippen LogP contribution < -0.4 is 9.62 Å². The van der Waals surface area contributed by atoms with Crippen molar-refractivity contribution < 1.29 is 13.2 Å². The van der Waals surface area contributed by atoms with Crippen molar-refractivity contribution in [2.75, 3.05) is 10.8 Å². The van der Waals surface area contributed by atoms with Gasteiger partial charge < -0.3 is 5.32 Å². The Balaban J connectivity index is 1.91. The number of carbonyl (C=O) groups excluding carboxylic acids is 1. The molecule has 5 nitrogen and oxygen atoms in total. The quantitative estimate of drug-likeness (QED) is 0.551. The number of anilines is 1. The van der Waals surface area contributed by atoms with Crippen molar-refractivity contribution in [3.63, 3.8) is 0 Å². The van der Waals surface area contributed by atoms with Gasteiger partial charge in [-0.25, -0.2) is 8.42 Å². The summed E-state index contributed by atoms with van der Waals surface area (Å²) in [7, 11) is -3.92. The number of nitrogens with zero attached hydrogens (tertiary/aromatic N) is 1. The Morgan fingerprint density at radius 1 is 0.844 bits per heavy atom. The Kier molecular flexibility index (Phi) is 7.04. The van der Waals surface area contributed by atoms with Crippen LogP contribution in [0.2, 0.25) is 0 Å². The maximum atomic E-state index is 13.5. The summed E-state index contributed by atoms with van der Waals surface area (Å²) in [5.74, 6) is -0.363. The van der Waals surface area contributed by atoms with E-state index in [1.54, 1.807) is 42.5 Å². The number of rotatable bonds is 7. The van der Waals surface area contributed by atoms with Crippen LogP contribution in [0.3, 0.4) is 0 Å². The third-order valence-electron chi connectivity index (χ3n) is 5.73. The van der Waals surface area contributed by atoms with Crippen molar-refractivity contribution >= 4 is 21.6 Å². The summed E-state index contributed by atoms with van der Waals surface area (Å²) in [6.45, 7) is 9.56. The van der Waals surface area contributed by atoms with Gasteiger partial charge in [0, 0.05) is 0 Å². The van der Waals surface area contributed by atoms with Gasteiger partial charge in [0.15, 0.2) is 0 Å². The average Bonchev–Trinajstić information content (AvgIpc) is 2.75. The standard InChI is InChI=1S/C26H30N2O3S/c1-18-11-9-10-14-25(18)28(32(30,31)23-12-7-6-8-13-23)17-26(29)27-22(5)24-16-20(3)19(2)15-21(24)4/h6-16,22H,17H2,1-5H3,(H,27,29)/t22-/m0/s1. The lowest BCUT2D eigenvalue weighted by molar-refractivity contribution is -0.120. The van der Waals surface area contributed by atoms with Gasteiger partial charge in [0.1, 0.15) is 6.54 Å². The first kappa shape index (κ1) is 23.5. The van der Waals surface area contributed by atoms with Crippen molar-refractivity contribution in [3.8, 4) is 0 Å². The molecule has 0 aliphatic rings. The molecule has 3 aromatic carbocycles. The molecule has 0 spiro atoms. The largest absolute Gasteiger partial charge is 0.348 e. The number of nitrogens with one attached hydrogen (secondary N) is 1. The molecule has 0 radical (unpaired) electrons. The maximum Gasteiger partial charge on any atom is 0.264 e. The number of hydrogen-bond donors (Lipinski definition) is 1. The summed E-state index contributed by atoms with van der Waals surface area (Å²) in [6.07, 6.45) is 0. The van der Waals surface area contributed by atoms with Crippen LogP contribution in [-0.4, -0.2) is 20.9 Å². The fraction of sp³-hybridized carbons (Fsp3) is 0.269. The van der Waals surface area contributed by atoms with Crippen molar-refractivity contribution in [3.05, 3.63) is 94.5 Å². The van der Waals surface area contributed by atoms with Crippen molar-refractivity contribution in [2.45, 2.75) is 45.6 Å². The van der Waals surface area contributed by atoms with Crippen LogP contribution in [-0.2, 0) is 14.8 Å². The van der Waals surface area contributed by atoms with Gasteiger partial charge in [-0.3, -0.25) is 9.10 Å². The molecule has 3 aromatic rings. The summed E-state index contributed by atoms with van der Waals surface area (Å²) in [4.78, 5) is 13.2. The highest BCUT2D eigenvalue weighted by Crippen LogP contribution is 2.27. The van der Waals surface area contributed by atoms with Gasteiger partial charge in [0.05, 0.1) is 16.6 Å². The third-order valence-corrected chi connectivity index (χ3v) is 7.50. The smallest absolute Gasteiger partial charge is 0.264 e. The molecule has 0 bridgehead atoms. The zero-order chi connectivity index (χ0) is 23.5. The first-order valence-corrected chi connectivity index (χ1v) is 12.1. The van der Waals surface area contributed by atoms with E-state index in [0.717, 1.165) is 22.3 Å². The minimum Gasteiger partial charge on any atom is -0.348 e. The van der Waals surface area contributed by atoms with E-state index in [1.807, 2.05) is 39.8 Å². The minimum absolute atomic E-state index is 0.147. The highest BCUT2D eigenvalue weighted by Gasteiger charge is 2.28. The van der Waals surface area contributed by atoms with Gasteiger partial charge >= 0.3 is 0 Å². The number of sulfonamides is 1. The highest BCUT2D eigenvalue weighted by molar-refractivity contribution is 7.92. The van der Waals surface area contributed by atoms with E-state index in [1.165, 1.54) is 9.87 Å². The van der Waals surface area contributed by atoms with Gasteiger partial charge in [-0.1, -0.05) is 48.5 Å². The van der Waals surface area contributed by atoms with Crippen LogP contribution in [0.1, 0.15) is 40.8 Å². The molecule has 0 heterocycles. The summed E-state index contributed by atoms with van der Waals surface area (Å²) in [5, 5.41) is 2.98. The molecular weight excluding hydrogens is 420 g/mol. The van der Waals surface area contributed by atoms with E-state index in [-0.39, 0.29) is 23.4 Å². The molecule has 3 rings (SSSR count). The van der Waals surface area contributed by atoms with Gasteiger partial charge in [-0.2, -0.15) is 0 Å². The van der Waals surface area contributed by atoms with E-state index >= 15 is 0 Å². The van der Waals surface area contributed by atoms with Crippen LogP contribution in [0.4, 0.5) is 5.69 Å². The summed E-state index contributed by atoms with van der Waals surface area (Å²) in [5.41, 5.74) is 5.73. The summed E-state index contributed by atoms with van der Waals surface area (Å²) < 4.78 is 28.1. The Morgan fingerprint density at radius 3 is 2.09 bits per heavy atom. The zero-order valence-electron chi connectivity index (χ0n) is 19.2. The first-order chi connectivity index (χ1) is 15.1. The second-order valence-corrected chi connectivity index (χ2v) is 10.1. The highest BCUT2D eigenvalue weighted by atomic mass is 32.2. The van der Waals surface area contributed by atoms with Crippen LogP contribution >= 0.6 is 0 Å². The minimum atomic E-state index is -3.92. The second kappa shape index (κ2) is 9.57. The third kappa shape index (κ3) is 5.02. The topological polar surface area (TPSA) is 66.5 Å². The van der Waals surface area contributed by atoms with Gasteiger partial charge in [-0.05, 0) is 80.6 Å². The maximum absolute atomic E-state index is 13.5. The Morgan fingerprint density at radius 2 is 1.44 bits per heavy atom. The van der Waals surface area contributed by atoms with Crippen LogP contribution in [0.25, 0.3) is 0 Å². The lowest BCUT2D eigenvalue weighted by Crippen LogP contribution is -2.42. The predicted molar refractivity (Wildman–Crippen MR) is 129 cm³/mol. The molecule has 32 heavy (non-hydrogen) atoms. The number of carbonyl (C=O) groups is 1. The molecule has 0 aromatic heterocycles. The predicted octanol–water partition coefficient (Wildman–Crippen LogP) is 4.99. The number of benzene rings is 3. The molecule has 0 saturated heterocycles. The van der Waals surface area contributed by atoms with Crippen LogP contribution in [0.5, 0.6) is 0 Å². The Bertz CT molecular complexity index is 1220. The van der Waals surface area contributed by atoms with Crippen LogP contribution in [0, 0.1) is 27.7 Å². The molecule has 1 N–H and O–H groups in total. The molecular formula is C26H30N2O3S. The summed E-state index contributed by atoms with van der Waals surface area (Å²) in [6, 6.07) is 19.3.